The number of carbonyl (C=O) groups excluding carboxylic acids is 1. The van der Waals surface area contributed by atoms with E-state index in [-0.39, 0.29) is 5.91 Å². The Kier molecular flexibility index (Phi) is 5.93. The molecule has 0 aliphatic rings. The van der Waals surface area contributed by atoms with Gasteiger partial charge in [-0.3, -0.25) is 4.79 Å². The van der Waals surface area contributed by atoms with E-state index in [1.165, 1.54) is 0 Å². The third-order valence-electron chi connectivity index (χ3n) is 2.95. The zero-order valence-electron chi connectivity index (χ0n) is 12.1. The third-order valence-corrected chi connectivity index (χ3v) is 2.95. The van der Waals surface area contributed by atoms with Crippen LogP contribution < -0.4 is 10.6 Å². The number of methoxy groups -OCH3 is 1. The molecule has 1 heterocycles. The second kappa shape index (κ2) is 8.18. The normalized spacial score (nSPS) is 10.5. The van der Waals surface area contributed by atoms with Gasteiger partial charge in [0.15, 0.2) is 0 Å². The van der Waals surface area contributed by atoms with E-state index in [9.17, 15) is 4.79 Å². The first-order valence-electron chi connectivity index (χ1n) is 6.85. The van der Waals surface area contributed by atoms with E-state index in [2.05, 4.69) is 15.7 Å². The van der Waals surface area contributed by atoms with E-state index in [0.717, 1.165) is 11.3 Å². The summed E-state index contributed by atoms with van der Waals surface area (Å²) in [7, 11) is 1.61. The van der Waals surface area contributed by atoms with Crippen LogP contribution in [0.25, 0.3) is 5.69 Å². The van der Waals surface area contributed by atoms with Crippen LogP contribution in [0.1, 0.15) is 5.56 Å². The van der Waals surface area contributed by atoms with Crippen molar-refractivity contribution in [2.45, 2.75) is 6.54 Å². The Bertz CT molecular complexity index is 537. The van der Waals surface area contributed by atoms with Crippen LogP contribution in [-0.4, -0.2) is 42.5 Å². The highest BCUT2D eigenvalue weighted by atomic mass is 16.5. The van der Waals surface area contributed by atoms with Gasteiger partial charge in [-0.1, -0.05) is 12.1 Å². The van der Waals surface area contributed by atoms with Crippen LogP contribution in [0.2, 0.25) is 0 Å². The molecule has 0 fully saturated rings. The number of hydrogen-bond donors (Lipinski definition) is 2. The maximum atomic E-state index is 11.5. The molecule has 0 atom stereocenters. The van der Waals surface area contributed by atoms with Crippen LogP contribution in [0.4, 0.5) is 0 Å². The minimum atomic E-state index is -0.0276. The summed E-state index contributed by atoms with van der Waals surface area (Å²) in [6.45, 7) is 2.01. The number of aromatic nitrogens is 2. The topological polar surface area (TPSA) is 68.2 Å². The Labute approximate surface area is 124 Å². The number of benzene rings is 1. The van der Waals surface area contributed by atoms with Crippen LogP contribution in [0, 0.1) is 0 Å². The molecule has 0 saturated heterocycles. The number of nitrogens with zero attached hydrogens (tertiary/aromatic N) is 2. The molecule has 21 heavy (non-hydrogen) atoms. The Balaban J connectivity index is 1.73. The molecule has 2 N–H and O–H groups in total. The van der Waals surface area contributed by atoms with Gasteiger partial charge >= 0.3 is 0 Å². The second-order valence-electron chi connectivity index (χ2n) is 4.56. The quantitative estimate of drug-likeness (QED) is 0.703. The van der Waals surface area contributed by atoms with Gasteiger partial charge in [-0.15, -0.1) is 0 Å². The van der Waals surface area contributed by atoms with Gasteiger partial charge in [0.1, 0.15) is 0 Å². The summed E-state index contributed by atoms with van der Waals surface area (Å²) in [5.74, 6) is -0.0276. The molecule has 0 radical (unpaired) electrons. The summed E-state index contributed by atoms with van der Waals surface area (Å²) in [5, 5.41) is 10.0. The molecular weight excluding hydrogens is 268 g/mol. The highest BCUT2D eigenvalue weighted by Gasteiger charge is 2.01. The first-order chi connectivity index (χ1) is 10.3. The summed E-state index contributed by atoms with van der Waals surface area (Å²) in [6.07, 6.45) is 3.65. The maximum Gasteiger partial charge on any atom is 0.234 e. The number of nitrogens with one attached hydrogen (secondary N) is 2. The minimum absolute atomic E-state index is 0.0276. The van der Waals surface area contributed by atoms with Crippen LogP contribution in [0.3, 0.4) is 0 Å². The molecule has 0 aliphatic carbocycles. The summed E-state index contributed by atoms with van der Waals surface area (Å²) in [5.41, 5.74) is 2.14. The van der Waals surface area contributed by atoms with Gasteiger partial charge < -0.3 is 15.4 Å². The van der Waals surface area contributed by atoms with Crippen molar-refractivity contribution in [3.8, 4) is 5.69 Å². The molecule has 6 nitrogen and oxygen atoms in total. The number of ether oxygens (including phenoxy) is 1. The van der Waals surface area contributed by atoms with Crippen molar-refractivity contribution >= 4 is 5.91 Å². The van der Waals surface area contributed by atoms with E-state index in [1.54, 1.807) is 18.0 Å². The standard InChI is InChI=1S/C15H20N4O2/c1-21-10-8-17-15(20)12-16-11-13-3-5-14(6-4-13)19-9-2-7-18-19/h2-7,9,16H,8,10-12H2,1H3,(H,17,20). The highest BCUT2D eigenvalue weighted by Crippen LogP contribution is 2.08. The van der Waals surface area contributed by atoms with Gasteiger partial charge in [-0.2, -0.15) is 5.10 Å². The lowest BCUT2D eigenvalue weighted by Gasteiger charge is -2.07. The zero-order chi connectivity index (χ0) is 14.9. The molecule has 0 aliphatic heterocycles. The molecule has 0 saturated carbocycles. The average molecular weight is 288 g/mol. The molecule has 1 amide bonds. The Morgan fingerprint density at radius 3 is 2.81 bits per heavy atom. The molecule has 0 spiro atoms. The van der Waals surface area contributed by atoms with E-state index in [1.807, 2.05) is 36.5 Å². The fourth-order valence-corrected chi connectivity index (χ4v) is 1.86. The molecule has 2 rings (SSSR count). The van der Waals surface area contributed by atoms with Crippen LogP contribution in [-0.2, 0) is 16.1 Å². The first-order valence-corrected chi connectivity index (χ1v) is 6.85. The molecule has 1 aromatic carbocycles. The average Bonchev–Trinajstić information content (AvgIpc) is 3.02. The predicted molar refractivity (Wildman–Crippen MR) is 80.2 cm³/mol. The Morgan fingerprint density at radius 2 is 2.14 bits per heavy atom. The van der Waals surface area contributed by atoms with Gasteiger partial charge in [0.05, 0.1) is 18.8 Å². The van der Waals surface area contributed by atoms with Crippen molar-refractivity contribution in [1.82, 2.24) is 20.4 Å². The van der Waals surface area contributed by atoms with Crippen molar-refractivity contribution in [2.24, 2.45) is 0 Å². The molecule has 112 valence electrons. The monoisotopic (exact) mass is 288 g/mol. The fraction of sp³-hybridized carbons (Fsp3) is 0.333. The van der Waals surface area contributed by atoms with Gasteiger partial charge in [0.25, 0.3) is 0 Å². The van der Waals surface area contributed by atoms with E-state index < -0.39 is 0 Å². The van der Waals surface area contributed by atoms with Crippen LogP contribution in [0.5, 0.6) is 0 Å². The van der Waals surface area contributed by atoms with E-state index >= 15 is 0 Å². The van der Waals surface area contributed by atoms with Crippen molar-refractivity contribution in [1.29, 1.82) is 0 Å². The molecular formula is C15H20N4O2. The third kappa shape index (κ3) is 5.02. The Morgan fingerprint density at radius 1 is 1.33 bits per heavy atom. The SMILES string of the molecule is COCCNC(=O)CNCc1ccc(-n2cccn2)cc1. The molecule has 6 heteroatoms. The van der Waals surface area contributed by atoms with Gasteiger partial charge in [-0.25, -0.2) is 4.68 Å². The number of hydrogen-bond acceptors (Lipinski definition) is 4. The zero-order valence-corrected chi connectivity index (χ0v) is 12.1. The maximum absolute atomic E-state index is 11.5. The lowest BCUT2D eigenvalue weighted by Crippen LogP contribution is -2.35. The van der Waals surface area contributed by atoms with Crippen molar-refractivity contribution < 1.29 is 9.53 Å². The largest absolute Gasteiger partial charge is 0.383 e. The van der Waals surface area contributed by atoms with Crippen LogP contribution in [0.15, 0.2) is 42.7 Å². The summed E-state index contributed by atoms with van der Waals surface area (Å²) in [4.78, 5) is 11.5. The molecule has 0 bridgehead atoms. The lowest BCUT2D eigenvalue weighted by molar-refractivity contribution is -0.120. The van der Waals surface area contributed by atoms with Crippen molar-refractivity contribution in [3.63, 3.8) is 0 Å². The summed E-state index contributed by atoms with van der Waals surface area (Å²) >= 11 is 0. The minimum Gasteiger partial charge on any atom is -0.383 e. The molecule has 2 aromatic rings. The smallest absolute Gasteiger partial charge is 0.234 e. The summed E-state index contributed by atoms with van der Waals surface area (Å²) in [6, 6.07) is 9.93. The van der Waals surface area contributed by atoms with Crippen LogP contribution >= 0.6 is 0 Å². The predicted octanol–water partition coefficient (Wildman–Crippen LogP) is 0.725. The lowest BCUT2D eigenvalue weighted by atomic mass is 10.2. The van der Waals surface area contributed by atoms with Crippen molar-refractivity contribution in [2.75, 3.05) is 26.8 Å². The Hall–Kier alpha value is -2.18. The first kappa shape index (κ1) is 15.2. The van der Waals surface area contributed by atoms with Gasteiger partial charge in [0, 0.05) is 32.6 Å². The second-order valence-corrected chi connectivity index (χ2v) is 4.56. The fourth-order valence-electron chi connectivity index (χ4n) is 1.86. The van der Waals surface area contributed by atoms with E-state index in [0.29, 0.717) is 26.2 Å². The number of rotatable bonds is 8. The molecule has 0 unspecified atom stereocenters. The number of carbonyl (C=O) groups is 1. The van der Waals surface area contributed by atoms with E-state index in [4.69, 9.17) is 4.74 Å². The van der Waals surface area contributed by atoms with Gasteiger partial charge in [-0.05, 0) is 23.8 Å². The van der Waals surface area contributed by atoms with Gasteiger partial charge in [0.2, 0.25) is 5.91 Å². The highest BCUT2D eigenvalue weighted by molar-refractivity contribution is 5.77. The van der Waals surface area contributed by atoms with Crippen molar-refractivity contribution in [3.05, 3.63) is 48.3 Å². The molecule has 1 aromatic heterocycles. The summed E-state index contributed by atoms with van der Waals surface area (Å²) < 4.78 is 6.67. The number of amides is 1.